The highest BCUT2D eigenvalue weighted by Crippen LogP contribution is 2.29. The van der Waals surface area contributed by atoms with Gasteiger partial charge >= 0.3 is 11.9 Å². The van der Waals surface area contributed by atoms with Crippen molar-refractivity contribution < 1.29 is 33.1 Å². The Kier molecular flexibility index (Phi) is 7.10. The zero-order chi connectivity index (χ0) is 21.7. The van der Waals surface area contributed by atoms with Crippen LogP contribution < -0.4 is 10.6 Å². The van der Waals surface area contributed by atoms with E-state index in [1.807, 2.05) is 0 Å². The number of nitrogens with one attached hydrogen (secondary N) is 2. The summed E-state index contributed by atoms with van der Waals surface area (Å²) in [5, 5.41) is 5.70. The first-order chi connectivity index (χ1) is 13.7. The first kappa shape index (κ1) is 22.1. The number of amides is 1. The number of hydrogen-bond donors (Lipinski definition) is 2. The predicted molar refractivity (Wildman–Crippen MR) is 105 cm³/mol. The molecule has 0 aromatic carbocycles. The number of carbonyl (C=O) groups excluding carboxylic acids is 4. The van der Waals surface area contributed by atoms with Gasteiger partial charge in [-0.25, -0.2) is 9.59 Å². The summed E-state index contributed by atoms with van der Waals surface area (Å²) < 4.78 is 19.4. The normalized spacial score (nSPS) is 10.4. The molecule has 10 nitrogen and oxygen atoms in total. The van der Waals surface area contributed by atoms with E-state index in [1.54, 1.807) is 20.9 Å². The quantitative estimate of drug-likeness (QED) is 0.485. The maximum atomic E-state index is 12.3. The van der Waals surface area contributed by atoms with Crippen molar-refractivity contribution in [3.8, 4) is 0 Å². The lowest BCUT2D eigenvalue weighted by molar-refractivity contribution is -0.119. The summed E-state index contributed by atoms with van der Waals surface area (Å²) in [5.74, 6) is -2.77. The zero-order valence-electron chi connectivity index (χ0n) is 16.6. The predicted octanol–water partition coefficient (Wildman–Crippen LogP) is 2.57. The van der Waals surface area contributed by atoms with Crippen molar-refractivity contribution >= 4 is 46.0 Å². The Hall–Kier alpha value is -3.21. The Morgan fingerprint density at radius 1 is 1.07 bits per heavy atom. The first-order valence-corrected chi connectivity index (χ1v) is 9.40. The van der Waals surface area contributed by atoms with Gasteiger partial charge in [-0.2, -0.15) is 4.37 Å². The molecule has 2 aromatic heterocycles. The van der Waals surface area contributed by atoms with Crippen molar-refractivity contribution in [3.05, 3.63) is 28.1 Å². The van der Waals surface area contributed by atoms with Crippen molar-refractivity contribution in [3.63, 3.8) is 0 Å². The Bertz CT molecular complexity index is 961. The van der Waals surface area contributed by atoms with Crippen LogP contribution in [0.25, 0.3) is 0 Å². The third-order valence-electron chi connectivity index (χ3n) is 3.80. The summed E-state index contributed by atoms with van der Waals surface area (Å²) in [6, 6.07) is 0. The molecule has 0 saturated heterocycles. The molecule has 2 heterocycles. The second-order valence-corrected chi connectivity index (χ2v) is 6.63. The fourth-order valence-electron chi connectivity index (χ4n) is 2.60. The number of rotatable bonds is 8. The van der Waals surface area contributed by atoms with Crippen molar-refractivity contribution in [2.75, 3.05) is 30.9 Å². The molecular weight excluding hydrogens is 402 g/mol. The molecule has 1 amide bonds. The topological polar surface area (TPSA) is 137 Å². The van der Waals surface area contributed by atoms with Crippen LogP contribution >= 0.6 is 11.5 Å². The second-order valence-electron chi connectivity index (χ2n) is 5.86. The summed E-state index contributed by atoms with van der Waals surface area (Å²) in [5.41, 5.74) is 0.564. The van der Waals surface area contributed by atoms with Crippen LogP contribution in [0.15, 0.2) is 4.42 Å². The smallest absolute Gasteiger partial charge is 0.344 e. The van der Waals surface area contributed by atoms with Crippen LogP contribution in [0.4, 0.5) is 10.9 Å². The third-order valence-corrected chi connectivity index (χ3v) is 4.75. The van der Waals surface area contributed by atoms with E-state index in [9.17, 15) is 19.2 Å². The van der Waals surface area contributed by atoms with Crippen molar-refractivity contribution in [1.29, 1.82) is 0 Å². The molecule has 156 valence electrons. The van der Waals surface area contributed by atoms with E-state index in [0.717, 1.165) is 11.5 Å². The number of aromatic nitrogens is 1. The van der Waals surface area contributed by atoms with Gasteiger partial charge in [-0.3, -0.25) is 14.9 Å². The summed E-state index contributed by atoms with van der Waals surface area (Å²) in [6.45, 7) is 5.46. The SMILES string of the molecule is CCOC(=O)c1c(NC(=O)COC(=O)c2c(C)nsc2NC)oc(C)c1C(C)=O. The number of hydrogen-bond acceptors (Lipinski definition) is 10. The minimum Gasteiger partial charge on any atom is -0.462 e. The largest absolute Gasteiger partial charge is 0.462 e. The molecule has 11 heteroatoms. The minimum absolute atomic E-state index is 0.0226. The highest BCUT2D eigenvalue weighted by Gasteiger charge is 2.29. The maximum absolute atomic E-state index is 12.3. The van der Waals surface area contributed by atoms with E-state index >= 15 is 0 Å². The fraction of sp³-hybridized carbons (Fsp3) is 0.389. The highest BCUT2D eigenvalue weighted by atomic mass is 32.1. The van der Waals surface area contributed by atoms with Crippen LogP contribution in [0.3, 0.4) is 0 Å². The van der Waals surface area contributed by atoms with Gasteiger partial charge < -0.3 is 19.2 Å². The molecule has 2 N–H and O–H groups in total. The average Bonchev–Trinajstić information content (AvgIpc) is 3.19. The molecule has 2 aromatic rings. The lowest BCUT2D eigenvalue weighted by Crippen LogP contribution is -2.22. The van der Waals surface area contributed by atoms with Gasteiger partial charge in [0.15, 0.2) is 12.4 Å². The second kappa shape index (κ2) is 9.32. The lowest BCUT2D eigenvalue weighted by atomic mass is 10.1. The van der Waals surface area contributed by atoms with E-state index in [1.165, 1.54) is 13.8 Å². The highest BCUT2D eigenvalue weighted by molar-refractivity contribution is 7.10. The number of Topliss-reactive ketones (excluding diaryl/α,β-unsaturated/α-hetero) is 1. The monoisotopic (exact) mass is 423 g/mol. The van der Waals surface area contributed by atoms with Gasteiger partial charge in [0.1, 0.15) is 21.9 Å². The van der Waals surface area contributed by atoms with Crippen molar-refractivity contribution in [2.45, 2.75) is 27.7 Å². The van der Waals surface area contributed by atoms with Crippen molar-refractivity contribution in [2.24, 2.45) is 0 Å². The van der Waals surface area contributed by atoms with Gasteiger partial charge in [-0.1, -0.05) is 0 Å². The van der Waals surface area contributed by atoms with E-state index in [-0.39, 0.29) is 34.9 Å². The first-order valence-electron chi connectivity index (χ1n) is 8.63. The van der Waals surface area contributed by atoms with E-state index in [4.69, 9.17) is 13.9 Å². The van der Waals surface area contributed by atoms with E-state index in [2.05, 4.69) is 15.0 Å². The molecule has 0 spiro atoms. The summed E-state index contributed by atoms with van der Waals surface area (Å²) in [6.07, 6.45) is 0. The Labute approximate surface area is 170 Å². The van der Waals surface area contributed by atoms with Crippen LogP contribution in [-0.2, 0) is 14.3 Å². The fourth-order valence-corrected chi connectivity index (χ4v) is 3.33. The van der Waals surface area contributed by atoms with Crippen molar-refractivity contribution in [1.82, 2.24) is 4.37 Å². The van der Waals surface area contributed by atoms with Crippen LogP contribution in [0.2, 0.25) is 0 Å². The number of carbonyl (C=O) groups is 4. The Morgan fingerprint density at radius 3 is 2.31 bits per heavy atom. The molecule has 0 atom stereocenters. The van der Waals surface area contributed by atoms with Gasteiger partial charge in [0.25, 0.3) is 5.91 Å². The average molecular weight is 423 g/mol. The van der Waals surface area contributed by atoms with Gasteiger partial charge in [-0.05, 0) is 39.2 Å². The Morgan fingerprint density at radius 2 is 1.72 bits per heavy atom. The zero-order valence-corrected chi connectivity index (χ0v) is 17.4. The lowest BCUT2D eigenvalue weighted by Gasteiger charge is -2.07. The number of esters is 2. The summed E-state index contributed by atoms with van der Waals surface area (Å²) in [7, 11) is 1.64. The standard InChI is InChI=1S/C18H21N3O7S/c1-6-26-18(25)14-13(9(3)22)10(4)28-15(14)20-11(23)7-27-17(24)12-8(2)21-29-16(12)19-5/h19H,6-7H2,1-5H3,(H,20,23). The molecule has 0 aliphatic carbocycles. The number of furan rings is 1. The third kappa shape index (κ3) is 4.80. The van der Waals surface area contributed by atoms with Gasteiger partial charge in [-0.15, -0.1) is 0 Å². The van der Waals surface area contributed by atoms with E-state index < -0.39 is 30.2 Å². The molecule has 0 bridgehead atoms. The molecule has 2 rings (SSSR count). The van der Waals surface area contributed by atoms with Gasteiger partial charge in [0, 0.05) is 7.05 Å². The number of anilines is 2. The van der Waals surface area contributed by atoms with Crippen LogP contribution in [0, 0.1) is 13.8 Å². The van der Waals surface area contributed by atoms with Gasteiger partial charge in [0.2, 0.25) is 5.88 Å². The Balaban J connectivity index is 2.15. The number of nitrogens with zero attached hydrogens (tertiary/aromatic N) is 1. The summed E-state index contributed by atoms with van der Waals surface area (Å²) >= 11 is 1.10. The molecule has 29 heavy (non-hydrogen) atoms. The molecule has 0 unspecified atom stereocenters. The molecule has 0 saturated carbocycles. The molecule has 0 aliphatic heterocycles. The molecule has 0 aliphatic rings. The molecular formula is C18H21N3O7S. The number of aryl methyl sites for hydroxylation is 2. The van der Waals surface area contributed by atoms with Crippen LogP contribution in [0.1, 0.15) is 56.4 Å². The minimum atomic E-state index is -0.805. The molecule has 0 fully saturated rings. The number of ether oxygens (including phenoxy) is 2. The molecule has 0 radical (unpaired) electrons. The van der Waals surface area contributed by atoms with Crippen LogP contribution in [-0.4, -0.2) is 48.3 Å². The van der Waals surface area contributed by atoms with E-state index in [0.29, 0.717) is 10.7 Å². The maximum Gasteiger partial charge on any atom is 0.344 e. The van der Waals surface area contributed by atoms with Crippen LogP contribution in [0.5, 0.6) is 0 Å². The van der Waals surface area contributed by atoms with Gasteiger partial charge in [0.05, 0.1) is 17.9 Å². The summed E-state index contributed by atoms with van der Waals surface area (Å²) in [4.78, 5) is 48.6. The number of ketones is 1.